The van der Waals surface area contributed by atoms with Crippen molar-refractivity contribution in [2.75, 3.05) is 5.32 Å². The maximum absolute atomic E-state index is 10.2. The van der Waals surface area contributed by atoms with Gasteiger partial charge in [-0.15, -0.1) is 0 Å². The number of nitrogens with zero attached hydrogens (tertiary/aromatic N) is 1. The van der Waals surface area contributed by atoms with E-state index in [9.17, 15) is 4.79 Å². The van der Waals surface area contributed by atoms with Crippen LogP contribution in [0.1, 0.15) is 18.4 Å². The van der Waals surface area contributed by atoms with E-state index in [1.807, 2.05) is 24.3 Å². The Labute approximate surface area is 82.4 Å². The van der Waals surface area contributed by atoms with Crippen LogP contribution in [0.25, 0.3) is 0 Å². The maximum Gasteiger partial charge on any atom is 0.211 e. The lowest BCUT2D eigenvalue weighted by atomic mass is 9.98. The van der Waals surface area contributed by atoms with Crippen LogP contribution in [-0.4, -0.2) is 6.41 Å². The molecule has 3 nitrogen and oxygen atoms in total. The van der Waals surface area contributed by atoms with Gasteiger partial charge in [-0.2, -0.15) is 5.26 Å². The highest BCUT2D eigenvalue weighted by atomic mass is 16.1. The van der Waals surface area contributed by atoms with Crippen molar-refractivity contribution >= 4 is 12.1 Å². The molecular weight excluding hydrogens is 176 g/mol. The number of hydrogen-bond acceptors (Lipinski definition) is 2. The number of amides is 1. The van der Waals surface area contributed by atoms with Gasteiger partial charge < -0.3 is 5.32 Å². The fraction of sp³-hybridized carbons (Fsp3) is 0.273. The zero-order valence-corrected chi connectivity index (χ0v) is 7.66. The average Bonchev–Trinajstić information content (AvgIpc) is 3.00. The molecule has 0 saturated heterocycles. The molecule has 1 saturated carbocycles. The summed E-state index contributed by atoms with van der Waals surface area (Å²) >= 11 is 0. The van der Waals surface area contributed by atoms with Gasteiger partial charge in [-0.1, -0.05) is 12.1 Å². The first-order valence-electron chi connectivity index (χ1n) is 4.53. The third kappa shape index (κ3) is 1.35. The summed E-state index contributed by atoms with van der Waals surface area (Å²) in [7, 11) is 0. The van der Waals surface area contributed by atoms with E-state index < -0.39 is 0 Å². The molecule has 1 aliphatic rings. The number of nitriles is 1. The Balaban J connectivity index is 2.23. The molecule has 1 N–H and O–H groups in total. The highest BCUT2D eigenvalue weighted by Gasteiger charge is 2.44. The van der Waals surface area contributed by atoms with Crippen LogP contribution in [0.3, 0.4) is 0 Å². The molecule has 0 spiro atoms. The quantitative estimate of drug-likeness (QED) is 0.732. The fourth-order valence-electron chi connectivity index (χ4n) is 1.54. The summed E-state index contributed by atoms with van der Waals surface area (Å²) in [6.07, 6.45) is 2.54. The van der Waals surface area contributed by atoms with Crippen molar-refractivity contribution in [2.45, 2.75) is 18.3 Å². The number of nitrogens with one attached hydrogen (secondary N) is 1. The molecule has 0 aliphatic heterocycles. The van der Waals surface area contributed by atoms with Crippen molar-refractivity contribution in [1.29, 1.82) is 5.26 Å². The molecule has 0 heterocycles. The van der Waals surface area contributed by atoms with Crippen molar-refractivity contribution in [1.82, 2.24) is 0 Å². The number of benzene rings is 1. The van der Waals surface area contributed by atoms with E-state index in [2.05, 4.69) is 11.4 Å². The summed E-state index contributed by atoms with van der Waals surface area (Å²) < 4.78 is 0. The van der Waals surface area contributed by atoms with E-state index >= 15 is 0 Å². The topological polar surface area (TPSA) is 52.9 Å². The van der Waals surface area contributed by atoms with E-state index in [1.165, 1.54) is 0 Å². The van der Waals surface area contributed by atoms with Crippen LogP contribution in [0, 0.1) is 11.3 Å². The second kappa shape index (κ2) is 3.15. The van der Waals surface area contributed by atoms with Gasteiger partial charge in [0.2, 0.25) is 6.41 Å². The Morgan fingerprint density at radius 2 is 2.00 bits per heavy atom. The fourth-order valence-corrected chi connectivity index (χ4v) is 1.54. The van der Waals surface area contributed by atoms with Gasteiger partial charge in [-0.3, -0.25) is 4.79 Å². The minimum atomic E-state index is -0.236. The molecule has 70 valence electrons. The average molecular weight is 186 g/mol. The molecule has 3 heteroatoms. The summed E-state index contributed by atoms with van der Waals surface area (Å²) in [5.74, 6) is 0. The molecule has 0 aromatic heterocycles. The standard InChI is InChI=1S/C11H10N2O/c12-7-11(5-6-11)9-1-3-10(4-2-9)13-8-14/h1-4,8H,5-6H2,(H,13,14). The van der Waals surface area contributed by atoms with Crippen molar-refractivity contribution in [3.05, 3.63) is 29.8 Å². The highest BCUT2D eigenvalue weighted by Crippen LogP contribution is 2.47. The maximum atomic E-state index is 10.2. The molecule has 14 heavy (non-hydrogen) atoms. The Kier molecular flexibility index (Phi) is 1.97. The Morgan fingerprint density at radius 3 is 2.43 bits per heavy atom. The van der Waals surface area contributed by atoms with Gasteiger partial charge in [0.1, 0.15) is 0 Å². The predicted octanol–water partition coefficient (Wildman–Crippen LogP) is 1.81. The molecule has 1 fully saturated rings. The molecule has 0 radical (unpaired) electrons. The number of hydrogen-bond donors (Lipinski definition) is 1. The molecule has 0 unspecified atom stereocenters. The van der Waals surface area contributed by atoms with E-state index in [1.54, 1.807) is 0 Å². The molecule has 2 rings (SSSR count). The first-order chi connectivity index (χ1) is 6.80. The lowest BCUT2D eigenvalue weighted by Crippen LogP contribution is -2.02. The highest BCUT2D eigenvalue weighted by molar-refractivity contribution is 5.71. The van der Waals surface area contributed by atoms with Gasteiger partial charge >= 0.3 is 0 Å². The third-order valence-electron chi connectivity index (χ3n) is 2.63. The molecule has 1 amide bonds. The zero-order valence-electron chi connectivity index (χ0n) is 7.66. The smallest absolute Gasteiger partial charge is 0.211 e. The SMILES string of the molecule is N#CC1(c2ccc(NC=O)cc2)CC1. The molecule has 1 aromatic rings. The molecule has 1 aromatic carbocycles. The summed E-state index contributed by atoms with van der Waals surface area (Å²) in [6, 6.07) is 9.78. The first-order valence-corrected chi connectivity index (χ1v) is 4.53. The van der Waals surface area contributed by atoms with Gasteiger partial charge in [-0.05, 0) is 30.5 Å². The minimum absolute atomic E-state index is 0.236. The summed E-state index contributed by atoms with van der Waals surface area (Å²) in [6.45, 7) is 0. The largest absolute Gasteiger partial charge is 0.329 e. The number of carbonyl (C=O) groups is 1. The van der Waals surface area contributed by atoms with Crippen molar-refractivity contribution in [3.8, 4) is 6.07 Å². The van der Waals surface area contributed by atoms with Crippen molar-refractivity contribution in [3.63, 3.8) is 0 Å². The lowest BCUT2D eigenvalue weighted by Gasteiger charge is -2.06. The lowest BCUT2D eigenvalue weighted by molar-refractivity contribution is -0.105. The van der Waals surface area contributed by atoms with Gasteiger partial charge in [-0.25, -0.2) is 0 Å². The predicted molar refractivity (Wildman–Crippen MR) is 52.7 cm³/mol. The van der Waals surface area contributed by atoms with Crippen molar-refractivity contribution in [2.24, 2.45) is 0 Å². The third-order valence-corrected chi connectivity index (χ3v) is 2.63. The van der Waals surface area contributed by atoms with E-state index in [0.717, 1.165) is 24.1 Å². The number of carbonyl (C=O) groups excluding carboxylic acids is 1. The Morgan fingerprint density at radius 1 is 1.36 bits per heavy atom. The van der Waals surface area contributed by atoms with E-state index in [4.69, 9.17) is 5.26 Å². The van der Waals surface area contributed by atoms with Gasteiger partial charge in [0.05, 0.1) is 11.5 Å². The number of anilines is 1. The minimum Gasteiger partial charge on any atom is -0.329 e. The molecular formula is C11H10N2O. The van der Waals surface area contributed by atoms with Crippen LogP contribution in [0.4, 0.5) is 5.69 Å². The van der Waals surface area contributed by atoms with E-state index in [-0.39, 0.29) is 5.41 Å². The van der Waals surface area contributed by atoms with Crippen LogP contribution in [-0.2, 0) is 10.2 Å². The van der Waals surface area contributed by atoms with Gasteiger partial charge in [0.15, 0.2) is 0 Å². The summed E-state index contributed by atoms with van der Waals surface area (Å²) in [5.41, 5.74) is 1.58. The normalized spacial score (nSPS) is 16.8. The van der Waals surface area contributed by atoms with Crippen LogP contribution in [0.15, 0.2) is 24.3 Å². The van der Waals surface area contributed by atoms with Crippen molar-refractivity contribution < 1.29 is 4.79 Å². The zero-order chi connectivity index (χ0) is 10.0. The second-order valence-corrected chi connectivity index (χ2v) is 3.53. The molecule has 1 aliphatic carbocycles. The first kappa shape index (κ1) is 8.76. The number of rotatable bonds is 3. The van der Waals surface area contributed by atoms with Crippen LogP contribution in [0.2, 0.25) is 0 Å². The van der Waals surface area contributed by atoms with Crippen LogP contribution < -0.4 is 5.32 Å². The van der Waals surface area contributed by atoms with Crippen LogP contribution in [0.5, 0.6) is 0 Å². The van der Waals surface area contributed by atoms with E-state index in [0.29, 0.717) is 6.41 Å². The summed E-state index contributed by atoms with van der Waals surface area (Å²) in [5, 5.41) is 11.5. The van der Waals surface area contributed by atoms with Crippen LogP contribution >= 0.6 is 0 Å². The Hall–Kier alpha value is -1.82. The van der Waals surface area contributed by atoms with Gasteiger partial charge in [0.25, 0.3) is 0 Å². The monoisotopic (exact) mass is 186 g/mol. The molecule has 0 atom stereocenters. The Bertz CT molecular complexity index is 385. The van der Waals surface area contributed by atoms with Gasteiger partial charge in [0, 0.05) is 5.69 Å². The molecule has 0 bridgehead atoms. The summed E-state index contributed by atoms with van der Waals surface area (Å²) in [4.78, 5) is 10.2. The second-order valence-electron chi connectivity index (χ2n) is 3.53.